The summed E-state index contributed by atoms with van der Waals surface area (Å²) in [7, 11) is 2.85. The molecule has 128 valence electrons. The molecule has 0 amide bonds. The molecule has 0 radical (unpaired) electrons. The molecule has 0 aliphatic rings. The first-order valence-corrected chi connectivity index (χ1v) is 6.91. The molecule has 3 aromatic rings. The van der Waals surface area contributed by atoms with Crippen molar-refractivity contribution in [1.82, 2.24) is 24.6 Å². The molecule has 0 saturated heterocycles. The lowest BCUT2D eigenvalue weighted by Gasteiger charge is -2.33. The Hall–Kier alpha value is -2.53. The van der Waals surface area contributed by atoms with Crippen LogP contribution in [0.5, 0.6) is 5.88 Å². The van der Waals surface area contributed by atoms with E-state index in [2.05, 4.69) is 20.2 Å². The van der Waals surface area contributed by atoms with Crippen molar-refractivity contribution in [3.05, 3.63) is 29.4 Å². The first-order valence-electron chi connectivity index (χ1n) is 6.91. The summed E-state index contributed by atoms with van der Waals surface area (Å²) in [4.78, 5) is 8.06. The molecule has 0 saturated carbocycles. The van der Waals surface area contributed by atoms with E-state index >= 15 is 0 Å². The average Bonchev–Trinajstić information content (AvgIpc) is 2.91. The van der Waals surface area contributed by atoms with Gasteiger partial charge in [-0.2, -0.15) is 13.2 Å². The Kier molecular flexibility index (Phi) is 3.76. The molecule has 0 aliphatic carbocycles. The van der Waals surface area contributed by atoms with Crippen LogP contribution in [0.4, 0.5) is 13.2 Å². The van der Waals surface area contributed by atoms with Crippen molar-refractivity contribution in [3.8, 4) is 5.88 Å². The smallest absolute Gasteiger partial charge is 0.452 e. The van der Waals surface area contributed by atoms with Gasteiger partial charge in [0.2, 0.25) is 11.5 Å². The maximum absolute atomic E-state index is 13.2. The number of rotatable bonds is 4. The fourth-order valence-electron chi connectivity index (χ4n) is 2.07. The maximum atomic E-state index is 13.2. The van der Waals surface area contributed by atoms with Gasteiger partial charge >= 0.3 is 6.18 Å². The van der Waals surface area contributed by atoms with Crippen LogP contribution in [0.15, 0.2) is 18.3 Å². The van der Waals surface area contributed by atoms with E-state index in [4.69, 9.17) is 4.74 Å². The first kappa shape index (κ1) is 16.3. The second kappa shape index (κ2) is 5.53. The van der Waals surface area contributed by atoms with Crippen LogP contribution in [0.2, 0.25) is 0 Å². The topological polar surface area (TPSA) is 88.3 Å². The van der Waals surface area contributed by atoms with Crippen LogP contribution < -0.4 is 4.74 Å². The molecule has 3 heterocycles. The second-order valence-corrected chi connectivity index (χ2v) is 5.59. The molecule has 24 heavy (non-hydrogen) atoms. The second-order valence-electron chi connectivity index (χ2n) is 5.59. The highest BCUT2D eigenvalue weighted by Crippen LogP contribution is 2.31. The summed E-state index contributed by atoms with van der Waals surface area (Å²) in [6.45, 7) is 0.0678. The lowest BCUT2D eigenvalue weighted by Crippen LogP contribution is -2.36. The molecule has 0 spiro atoms. The first-order chi connectivity index (χ1) is 11.2. The zero-order valence-electron chi connectivity index (χ0n) is 12.8. The number of pyridine rings is 1. The summed E-state index contributed by atoms with van der Waals surface area (Å²) >= 11 is 0. The largest absolute Gasteiger partial charge is 0.633 e. The average molecular weight is 342 g/mol. The predicted octanol–water partition coefficient (Wildman–Crippen LogP) is 1.64. The van der Waals surface area contributed by atoms with E-state index in [0.717, 1.165) is 4.40 Å². The Balaban J connectivity index is 2.14. The number of hydrogen-bond donors (Lipinski definition) is 0. The maximum Gasteiger partial charge on any atom is 0.452 e. The van der Waals surface area contributed by atoms with Crippen molar-refractivity contribution in [2.24, 2.45) is 0 Å². The minimum absolute atomic E-state index is 0.0286. The van der Waals surface area contributed by atoms with Gasteiger partial charge < -0.3 is 14.6 Å². The lowest BCUT2D eigenvalue weighted by molar-refractivity contribution is -0.840. The van der Waals surface area contributed by atoms with E-state index in [1.165, 1.54) is 26.4 Å². The summed E-state index contributed by atoms with van der Waals surface area (Å²) in [5, 5.41) is 18.3. The summed E-state index contributed by atoms with van der Waals surface area (Å²) in [5.41, 5.74) is -0.0389. The summed E-state index contributed by atoms with van der Waals surface area (Å²) in [6.07, 6.45) is -3.36. The third-order valence-electron chi connectivity index (χ3n) is 3.18. The molecular weight excluding hydrogens is 329 g/mol. The van der Waals surface area contributed by atoms with Crippen LogP contribution in [0.3, 0.4) is 0 Å². The molecule has 0 N–H and O–H groups in total. The third kappa shape index (κ3) is 3.08. The number of aromatic nitrogens is 5. The van der Waals surface area contributed by atoms with Crippen molar-refractivity contribution in [2.45, 2.75) is 6.18 Å². The monoisotopic (exact) mass is 342 g/mol. The van der Waals surface area contributed by atoms with Gasteiger partial charge in [-0.1, -0.05) is 0 Å². The molecule has 0 bridgehead atoms. The van der Waals surface area contributed by atoms with Crippen molar-refractivity contribution in [1.29, 1.82) is 0 Å². The van der Waals surface area contributed by atoms with Crippen LogP contribution in [0.25, 0.3) is 16.8 Å². The van der Waals surface area contributed by atoms with Gasteiger partial charge in [-0.25, -0.2) is 14.4 Å². The number of hydroxylamine groups is 3. The number of alkyl halides is 3. The van der Waals surface area contributed by atoms with Gasteiger partial charge in [0, 0.05) is 6.20 Å². The van der Waals surface area contributed by atoms with Crippen molar-refractivity contribution >= 4 is 16.8 Å². The highest BCUT2D eigenvalue weighted by Gasteiger charge is 2.38. The molecule has 0 aliphatic heterocycles. The number of fused-ring (bicyclic) bond motifs is 3. The lowest BCUT2D eigenvalue weighted by atomic mass is 10.4. The van der Waals surface area contributed by atoms with Gasteiger partial charge in [0.05, 0.1) is 14.1 Å². The van der Waals surface area contributed by atoms with E-state index in [0.29, 0.717) is 0 Å². The van der Waals surface area contributed by atoms with Crippen LogP contribution >= 0.6 is 0 Å². The minimum atomic E-state index is -4.71. The molecule has 3 rings (SSSR count). The number of quaternary nitrogens is 1. The Morgan fingerprint density at radius 2 is 2.00 bits per heavy atom. The molecule has 0 atom stereocenters. The SMILES string of the molecule is C[N+](C)([O-])CCOc1nc2cccnc2n2c(C(F)(F)F)nnc12. The zero-order chi connectivity index (χ0) is 17.5. The Morgan fingerprint density at radius 3 is 2.67 bits per heavy atom. The molecule has 8 nitrogen and oxygen atoms in total. The normalized spacial score (nSPS) is 12.9. The van der Waals surface area contributed by atoms with E-state index in [9.17, 15) is 18.4 Å². The summed E-state index contributed by atoms with van der Waals surface area (Å²) < 4.78 is 45.0. The van der Waals surface area contributed by atoms with Crippen LogP contribution in [0.1, 0.15) is 5.82 Å². The molecule has 11 heteroatoms. The van der Waals surface area contributed by atoms with Crippen LogP contribution in [-0.2, 0) is 6.18 Å². The number of likely N-dealkylation sites (N-methyl/N-ethyl adjacent to an activating group) is 1. The fourth-order valence-corrected chi connectivity index (χ4v) is 2.07. The molecule has 3 aromatic heterocycles. The number of nitrogens with zero attached hydrogens (tertiary/aromatic N) is 6. The summed E-state index contributed by atoms with van der Waals surface area (Å²) in [5.74, 6) is -1.35. The Morgan fingerprint density at radius 1 is 1.25 bits per heavy atom. The van der Waals surface area contributed by atoms with Gasteiger partial charge in [0.15, 0.2) is 5.65 Å². The summed E-state index contributed by atoms with van der Waals surface area (Å²) in [6, 6.07) is 3.04. The molecule has 0 unspecified atom stereocenters. The van der Waals surface area contributed by atoms with Gasteiger partial charge in [-0.05, 0) is 12.1 Å². The minimum Gasteiger partial charge on any atom is -0.633 e. The van der Waals surface area contributed by atoms with Gasteiger partial charge in [-0.15, -0.1) is 10.2 Å². The van der Waals surface area contributed by atoms with Crippen molar-refractivity contribution < 1.29 is 22.6 Å². The molecule has 0 fully saturated rings. The van der Waals surface area contributed by atoms with E-state index < -0.39 is 16.6 Å². The number of ether oxygens (including phenoxy) is 1. The number of halogens is 3. The van der Waals surface area contributed by atoms with E-state index in [1.54, 1.807) is 6.07 Å². The van der Waals surface area contributed by atoms with Gasteiger partial charge in [0.1, 0.15) is 18.7 Å². The molecule has 0 aromatic carbocycles. The highest BCUT2D eigenvalue weighted by atomic mass is 19.4. The van der Waals surface area contributed by atoms with Crippen LogP contribution in [0, 0.1) is 5.21 Å². The van der Waals surface area contributed by atoms with E-state index in [-0.39, 0.29) is 35.8 Å². The van der Waals surface area contributed by atoms with Crippen LogP contribution in [-0.4, -0.2) is 56.5 Å². The van der Waals surface area contributed by atoms with Crippen molar-refractivity contribution in [2.75, 3.05) is 27.2 Å². The quantitative estimate of drug-likeness (QED) is 0.529. The Bertz CT molecular complexity index is 887. The van der Waals surface area contributed by atoms with Crippen molar-refractivity contribution in [3.63, 3.8) is 0 Å². The number of hydrogen-bond acceptors (Lipinski definition) is 6. The Labute approximate surface area is 133 Å². The standard InChI is InChI=1S/C13H13F3N6O2/c1-22(2,23)6-7-24-11-10-19-20-12(13(14,15)16)21(10)9-8(18-11)4-3-5-17-9/h3-5H,6-7H2,1-2H3. The zero-order valence-corrected chi connectivity index (χ0v) is 12.8. The van der Waals surface area contributed by atoms with E-state index in [1.807, 2.05) is 0 Å². The molecular formula is C13H13F3N6O2. The predicted molar refractivity (Wildman–Crippen MR) is 76.9 cm³/mol. The van der Waals surface area contributed by atoms with Gasteiger partial charge in [0.25, 0.3) is 5.88 Å². The fraction of sp³-hybridized carbons (Fsp3) is 0.385. The third-order valence-corrected chi connectivity index (χ3v) is 3.18. The highest BCUT2D eigenvalue weighted by molar-refractivity contribution is 5.75. The van der Waals surface area contributed by atoms with Gasteiger partial charge in [-0.3, -0.25) is 0 Å².